The summed E-state index contributed by atoms with van der Waals surface area (Å²) in [6, 6.07) is -1.25. The molecule has 0 fully saturated rings. The number of hydrogen-bond donors (Lipinski definition) is 5. The van der Waals surface area contributed by atoms with Gasteiger partial charge in [0.05, 0.1) is 13.2 Å². The van der Waals surface area contributed by atoms with Crippen molar-refractivity contribution in [3.63, 3.8) is 0 Å². The highest BCUT2D eigenvalue weighted by Crippen LogP contribution is 2.08. The molecule has 0 bridgehead atoms. The van der Waals surface area contributed by atoms with E-state index in [4.69, 9.17) is 0 Å². The van der Waals surface area contributed by atoms with Crippen molar-refractivity contribution >= 4 is 28.7 Å². The van der Waals surface area contributed by atoms with Gasteiger partial charge in [-0.3, -0.25) is 24.4 Å². The molecule has 0 aromatic carbocycles. The number of hydrogen-bond acceptors (Lipinski definition) is 7. The molecule has 2 heterocycles. The second-order valence-electron chi connectivity index (χ2n) is 4.22. The summed E-state index contributed by atoms with van der Waals surface area (Å²) in [5, 5.41) is 14.3. The summed E-state index contributed by atoms with van der Waals surface area (Å²) in [5.41, 5.74) is -2.03. The summed E-state index contributed by atoms with van der Waals surface area (Å²) >= 11 is 1.35. The average Bonchev–Trinajstić information content (AvgIpc) is 2.97. The Bertz CT molecular complexity index is 724. The minimum absolute atomic E-state index is 0.376. The topological polar surface area (TPSA) is 157 Å². The number of aromatic amines is 2. The first-order valence-corrected chi connectivity index (χ1v) is 7.21. The largest absolute Gasteiger partial charge is 0.394 e. The highest BCUT2D eigenvalue weighted by molar-refractivity contribution is 8.14. The number of nitrogens with one attached hydrogen (secondary N) is 4. The molecule has 0 spiro atoms. The van der Waals surface area contributed by atoms with E-state index in [-0.39, 0.29) is 5.56 Å². The van der Waals surface area contributed by atoms with Gasteiger partial charge in [0.2, 0.25) is 0 Å². The van der Waals surface area contributed by atoms with E-state index >= 15 is 0 Å². The van der Waals surface area contributed by atoms with Crippen molar-refractivity contribution in [2.45, 2.75) is 6.04 Å². The van der Waals surface area contributed by atoms with Crippen LogP contribution in [-0.2, 0) is 4.79 Å². The molecule has 1 aliphatic heterocycles. The highest BCUT2D eigenvalue weighted by atomic mass is 32.2. The summed E-state index contributed by atoms with van der Waals surface area (Å²) in [6.07, 6.45) is 0.930. The van der Waals surface area contributed by atoms with Crippen molar-refractivity contribution in [3.05, 3.63) is 32.6 Å². The number of H-pyrrole nitrogens is 2. The molecule has 118 valence electrons. The van der Waals surface area contributed by atoms with Gasteiger partial charge in [-0.05, 0) is 0 Å². The Labute approximate surface area is 127 Å². The monoisotopic (exact) mass is 327 g/mol. The zero-order valence-corrected chi connectivity index (χ0v) is 12.0. The molecule has 1 aromatic rings. The van der Waals surface area contributed by atoms with Gasteiger partial charge >= 0.3 is 5.69 Å². The van der Waals surface area contributed by atoms with E-state index < -0.39 is 35.7 Å². The lowest BCUT2D eigenvalue weighted by molar-refractivity contribution is -0.122. The van der Waals surface area contributed by atoms with Crippen LogP contribution in [-0.4, -0.2) is 57.0 Å². The number of aliphatic imine (C=N–C) groups is 1. The van der Waals surface area contributed by atoms with Gasteiger partial charge < -0.3 is 20.7 Å². The fraction of sp³-hybridized carbons (Fsp3) is 0.364. The average molecular weight is 327 g/mol. The molecule has 2 amide bonds. The summed E-state index contributed by atoms with van der Waals surface area (Å²) in [4.78, 5) is 54.2. The molecule has 2 rings (SSSR count). The number of aromatic nitrogens is 2. The Morgan fingerprint density at radius 1 is 1.45 bits per heavy atom. The van der Waals surface area contributed by atoms with Crippen LogP contribution in [0.3, 0.4) is 0 Å². The zero-order valence-electron chi connectivity index (χ0n) is 11.2. The molecule has 0 saturated heterocycles. The first-order valence-electron chi connectivity index (χ1n) is 6.23. The molecule has 0 radical (unpaired) electrons. The summed E-state index contributed by atoms with van der Waals surface area (Å²) in [7, 11) is 0. The number of rotatable bonds is 4. The fourth-order valence-electron chi connectivity index (χ4n) is 1.61. The first kappa shape index (κ1) is 16.0. The van der Waals surface area contributed by atoms with Crippen LogP contribution in [0.15, 0.2) is 20.8 Å². The van der Waals surface area contributed by atoms with Crippen LogP contribution in [0.2, 0.25) is 0 Å². The lowest BCUT2D eigenvalue weighted by Gasteiger charge is -2.15. The number of amides is 2. The Morgan fingerprint density at radius 2 is 2.23 bits per heavy atom. The molecule has 1 aromatic heterocycles. The summed E-state index contributed by atoms with van der Waals surface area (Å²) < 4.78 is 0. The SMILES string of the molecule is O=C(NC(CO)C(=O)NC1=NCCS1)c1c[nH]c(=O)[nH]c1=O. The van der Waals surface area contributed by atoms with E-state index in [2.05, 4.69) is 20.6 Å². The molecule has 1 atom stereocenters. The molecule has 10 nitrogen and oxygen atoms in total. The molecule has 1 unspecified atom stereocenters. The normalized spacial score (nSPS) is 15.0. The highest BCUT2D eigenvalue weighted by Gasteiger charge is 2.23. The Kier molecular flexibility index (Phi) is 5.12. The third-order valence-corrected chi connectivity index (χ3v) is 3.58. The third-order valence-electron chi connectivity index (χ3n) is 2.68. The van der Waals surface area contributed by atoms with Gasteiger partial charge in [-0.25, -0.2) is 4.79 Å². The van der Waals surface area contributed by atoms with Gasteiger partial charge in [0.25, 0.3) is 17.4 Å². The minimum atomic E-state index is -1.25. The van der Waals surface area contributed by atoms with Gasteiger partial charge in [-0.2, -0.15) is 0 Å². The first-order chi connectivity index (χ1) is 10.5. The van der Waals surface area contributed by atoms with E-state index in [1.54, 1.807) is 0 Å². The van der Waals surface area contributed by atoms with Crippen molar-refractivity contribution in [1.29, 1.82) is 0 Å². The van der Waals surface area contributed by atoms with Crippen LogP contribution in [0.4, 0.5) is 0 Å². The fourth-order valence-corrected chi connectivity index (χ4v) is 2.34. The molecular formula is C11H13N5O5S. The van der Waals surface area contributed by atoms with Crippen LogP contribution in [0, 0.1) is 0 Å². The van der Waals surface area contributed by atoms with Crippen molar-refractivity contribution in [2.75, 3.05) is 18.9 Å². The molecule has 1 aliphatic rings. The second-order valence-corrected chi connectivity index (χ2v) is 5.30. The molecular weight excluding hydrogens is 314 g/mol. The van der Waals surface area contributed by atoms with Crippen molar-refractivity contribution < 1.29 is 14.7 Å². The predicted octanol–water partition coefficient (Wildman–Crippen LogP) is -2.63. The molecule has 0 aliphatic carbocycles. The van der Waals surface area contributed by atoms with E-state index in [9.17, 15) is 24.3 Å². The number of nitrogens with zero attached hydrogens (tertiary/aromatic N) is 1. The Hall–Kier alpha value is -2.40. The molecule has 5 N–H and O–H groups in total. The van der Waals surface area contributed by atoms with E-state index in [1.165, 1.54) is 11.8 Å². The number of thioether (sulfide) groups is 1. The lowest BCUT2D eigenvalue weighted by atomic mass is 10.2. The quantitative estimate of drug-likeness (QED) is 0.407. The zero-order chi connectivity index (χ0) is 16.1. The van der Waals surface area contributed by atoms with Crippen LogP contribution < -0.4 is 21.9 Å². The Morgan fingerprint density at radius 3 is 2.82 bits per heavy atom. The minimum Gasteiger partial charge on any atom is -0.394 e. The van der Waals surface area contributed by atoms with Gasteiger partial charge in [0.15, 0.2) is 5.17 Å². The standard InChI is InChI=1S/C11H13N5O5S/c17-4-6(9(20)16-11-12-1-2-22-11)14-7(18)5-3-13-10(21)15-8(5)19/h3,6,17H,1-2,4H2,(H,14,18)(H,12,16,20)(H2,13,15,19,21). The lowest BCUT2D eigenvalue weighted by Crippen LogP contribution is -2.50. The number of carbonyl (C=O) groups is 2. The van der Waals surface area contributed by atoms with Crippen LogP contribution in [0.1, 0.15) is 10.4 Å². The smallest absolute Gasteiger partial charge is 0.325 e. The maximum atomic E-state index is 11.9. The number of carbonyl (C=O) groups excluding carboxylic acids is 2. The Balaban J connectivity index is 2.05. The number of aliphatic hydroxyl groups is 1. The van der Waals surface area contributed by atoms with Gasteiger partial charge in [0.1, 0.15) is 11.6 Å². The van der Waals surface area contributed by atoms with Crippen LogP contribution in [0.25, 0.3) is 0 Å². The second kappa shape index (κ2) is 7.04. The summed E-state index contributed by atoms with van der Waals surface area (Å²) in [6.45, 7) is -0.0695. The van der Waals surface area contributed by atoms with Gasteiger partial charge in [0, 0.05) is 11.9 Å². The van der Waals surface area contributed by atoms with E-state index in [0.29, 0.717) is 11.7 Å². The van der Waals surface area contributed by atoms with E-state index in [0.717, 1.165) is 11.9 Å². The van der Waals surface area contributed by atoms with Crippen molar-refractivity contribution in [3.8, 4) is 0 Å². The summed E-state index contributed by atoms with van der Waals surface area (Å²) in [5.74, 6) is -0.795. The van der Waals surface area contributed by atoms with Crippen molar-refractivity contribution in [1.82, 2.24) is 20.6 Å². The van der Waals surface area contributed by atoms with Crippen LogP contribution >= 0.6 is 11.8 Å². The number of aliphatic hydroxyl groups excluding tert-OH is 1. The molecule has 11 heteroatoms. The maximum absolute atomic E-state index is 11.9. The van der Waals surface area contributed by atoms with Crippen LogP contribution in [0.5, 0.6) is 0 Å². The predicted molar refractivity (Wildman–Crippen MR) is 78.9 cm³/mol. The molecule has 22 heavy (non-hydrogen) atoms. The molecule has 0 saturated carbocycles. The van der Waals surface area contributed by atoms with Gasteiger partial charge in [-0.1, -0.05) is 11.8 Å². The third kappa shape index (κ3) is 3.83. The van der Waals surface area contributed by atoms with Crippen molar-refractivity contribution in [2.24, 2.45) is 4.99 Å². The van der Waals surface area contributed by atoms with Gasteiger partial charge in [-0.15, -0.1) is 0 Å². The van der Waals surface area contributed by atoms with E-state index in [1.807, 2.05) is 4.98 Å². The maximum Gasteiger partial charge on any atom is 0.325 e. The number of amidine groups is 1.